The van der Waals surface area contributed by atoms with Gasteiger partial charge in [-0.2, -0.15) is 0 Å². The van der Waals surface area contributed by atoms with Gasteiger partial charge in [-0.05, 0) is 43.9 Å². The number of rotatable bonds is 6. The van der Waals surface area contributed by atoms with Crippen LogP contribution < -0.4 is 5.73 Å². The van der Waals surface area contributed by atoms with Crippen LogP contribution in [0.1, 0.15) is 60.8 Å². The molecule has 0 heterocycles. The van der Waals surface area contributed by atoms with Gasteiger partial charge in [0, 0.05) is 31.8 Å². The van der Waals surface area contributed by atoms with Gasteiger partial charge in [0.05, 0.1) is 6.61 Å². The predicted octanol–water partition coefficient (Wildman–Crippen LogP) is 3.28. The van der Waals surface area contributed by atoms with Gasteiger partial charge in [-0.25, -0.2) is 0 Å². The number of hydrogen-bond donors (Lipinski definition) is 1. The van der Waals surface area contributed by atoms with Crippen molar-refractivity contribution in [2.75, 3.05) is 26.8 Å². The van der Waals surface area contributed by atoms with E-state index < -0.39 is 0 Å². The Morgan fingerprint density at radius 3 is 1.90 bits per heavy atom. The largest absolute Gasteiger partial charge is 0.383 e. The van der Waals surface area contributed by atoms with Crippen molar-refractivity contribution in [3.8, 4) is 0 Å². The van der Waals surface area contributed by atoms with Gasteiger partial charge in [0.1, 0.15) is 0 Å². The van der Waals surface area contributed by atoms with Crippen LogP contribution in [0.3, 0.4) is 0 Å². The summed E-state index contributed by atoms with van der Waals surface area (Å²) in [5.74, 6) is 0. The molecule has 1 rings (SSSR count). The van der Waals surface area contributed by atoms with Crippen LogP contribution in [0.25, 0.3) is 0 Å². The number of methoxy groups -OCH3 is 1. The highest BCUT2D eigenvalue weighted by atomic mass is 16.5. The predicted molar refractivity (Wildman–Crippen MR) is 86.9 cm³/mol. The van der Waals surface area contributed by atoms with E-state index in [1.54, 1.807) is 7.11 Å². The number of nitrogens with two attached hydrogens (primary N) is 1. The summed E-state index contributed by atoms with van der Waals surface area (Å²) in [6.45, 7) is 16.6. The van der Waals surface area contributed by atoms with Crippen LogP contribution in [-0.4, -0.2) is 43.3 Å². The van der Waals surface area contributed by atoms with E-state index in [1.165, 1.54) is 19.3 Å². The van der Waals surface area contributed by atoms with Crippen molar-refractivity contribution in [3.63, 3.8) is 0 Å². The molecule has 0 radical (unpaired) electrons. The second-order valence-electron chi connectivity index (χ2n) is 8.57. The molecule has 0 unspecified atom stereocenters. The molecule has 1 fully saturated rings. The zero-order chi connectivity index (χ0) is 15.6. The summed E-state index contributed by atoms with van der Waals surface area (Å²) in [6, 6.07) is 0.499. The van der Waals surface area contributed by atoms with Crippen molar-refractivity contribution >= 4 is 0 Å². The summed E-state index contributed by atoms with van der Waals surface area (Å²) in [6.07, 6.45) is 3.64. The van der Waals surface area contributed by atoms with Crippen molar-refractivity contribution in [1.29, 1.82) is 0 Å². The van der Waals surface area contributed by atoms with Gasteiger partial charge >= 0.3 is 0 Å². The molecule has 0 saturated heterocycles. The lowest BCUT2D eigenvalue weighted by Crippen LogP contribution is -2.63. The lowest BCUT2D eigenvalue weighted by atomic mass is 9.57. The Balaban J connectivity index is 3.09. The standard InChI is InChI=1S/C17H36N2O/c1-14(2)19(8-9-20-7)17(13-18)11-15(3,4)10-16(5,6)12-17/h14H,8-13,18H2,1-7H3. The highest BCUT2D eigenvalue weighted by Crippen LogP contribution is 2.52. The average molecular weight is 284 g/mol. The van der Waals surface area contributed by atoms with Gasteiger partial charge in [-0.3, -0.25) is 4.90 Å². The SMILES string of the molecule is COCCN(C(C)C)C1(CN)CC(C)(C)CC(C)(C)C1. The normalized spacial score (nSPS) is 24.3. The fraction of sp³-hybridized carbons (Fsp3) is 1.00. The first-order valence-corrected chi connectivity index (χ1v) is 8.03. The van der Waals surface area contributed by atoms with E-state index in [2.05, 4.69) is 46.4 Å². The van der Waals surface area contributed by atoms with Gasteiger partial charge in [0.2, 0.25) is 0 Å². The molecule has 0 atom stereocenters. The topological polar surface area (TPSA) is 38.5 Å². The molecule has 0 amide bonds. The molecule has 2 N–H and O–H groups in total. The van der Waals surface area contributed by atoms with Gasteiger partial charge in [0.25, 0.3) is 0 Å². The monoisotopic (exact) mass is 284 g/mol. The van der Waals surface area contributed by atoms with Gasteiger partial charge in [0.15, 0.2) is 0 Å². The maximum atomic E-state index is 6.31. The van der Waals surface area contributed by atoms with Crippen molar-refractivity contribution in [2.24, 2.45) is 16.6 Å². The van der Waals surface area contributed by atoms with E-state index in [0.29, 0.717) is 16.9 Å². The molecule has 1 aliphatic rings. The molecule has 3 nitrogen and oxygen atoms in total. The molecular formula is C17H36N2O. The first-order chi connectivity index (χ1) is 9.07. The second-order valence-corrected chi connectivity index (χ2v) is 8.57. The average Bonchev–Trinajstić information content (AvgIpc) is 2.24. The molecule has 0 aliphatic heterocycles. The number of nitrogens with zero attached hydrogens (tertiary/aromatic N) is 1. The van der Waals surface area contributed by atoms with Gasteiger partial charge in [-0.1, -0.05) is 27.7 Å². The Bertz CT molecular complexity index is 294. The number of hydrogen-bond acceptors (Lipinski definition) is 3. The molecule has 1 aliphatic carbocycles. The van der Waals surface area contributed by atoms with Gasteiger partial charge in [-0.15, -0.1) is 0 Å². The van der Waals surface area contributed by atoms with Crippen LogP contribution in [0, 0.1) is 10.8 Å². The Morgan fingerprint density at radius 2 is 1.55 bits per heavy atom. The lowest BCUT2D eigenvalue weighted by Gasteiger charge is -2.57. The molecular weight excluding hydrogens is 248 g/mol. The van der Waals surface area contributed by atoms with Crippen LogP contribution in [0.15, 0.2) is 0 Å². The van der Waals surface area contributed by atoms with Crippen molar-refractivity contribution in [3.05, 3.63) is 0 Å². The second kappa shape index (κ2) is 6.33. The highest BCUT2D eigenvalue weighted by molar-refractivity contribution is 5.05. The third-order valence-corrected chi connectivity index (χ3v) is 4.72. The van der Waals surface area contributed by atoms with Crippen LogP contribution >= 0.6 is 0 Å². The third kappa shape index (κ3) is 4.19. The van der Waals surface area contributed by atoms with E-state index in [0.717, 1.165) is 19.7 Å². The molecule has 0 spiro atoms. The zero-order valence-electron chi connectivity index (χ0n) is 14.8. The molecule has 0 aromatic heterocycles. The highest BCUT2D eigenvalue weighted by Gasteiger charge is 2.49. The van der Waals surface area contributed by atoms with Crippen molar-refractivity contribution < 1.29 is 4.74 Å². The fourth-order valence-electron chi connectivity index (χ4n) is 4.96. The molecule has 0 aromatic rings. The minimum Gasteiger partial charge on any atom is -0.383 e. The molecule has 3 heteroatoms. The van der Waals surface area contributed by atoms with Crippen molar-refractivity contribution in [1.82, 2.24) is 4.90 Å². The summed E-state index contributed by atoms with van der Waals surface area (Å²) in [5, 5.41) is 0. The zero-order valence-corrected chi connectivity index (χ0v) is 14.8. The smallest absolute Gasteiger partial charge is 0.0590 e. The Labute approximate surface area is 126 Å². The quantitative estimate of drug-likeness (QED) is 0.813. The first-order valence-electron chi connectivity index (χ1n) is 8.03. The summed E-state index contributed by atoms with van der Waals surface area (Å²) >= 11 is 0. The Kier molecular flexibility index (Phi) is 5.67. The molecule has 0 aromatic carbocycles. The Hall–Kier alpha value is -0.120. The minimum absolute atomic E-state index is 0.109. The van der Waals surface area contributed by atoms with E-state index in [-0.39, 0.29) is 5.54 Å². The minimum atomic E-state index is 0.109. The van der Waals surface area contributed by atoms with E-state index in [9.17, 15) is 0 Å². The molecule has 1 saturated carbocycles. The van der Waals surface area contributed by atoms with Crippen molar-refractivity contribution in [2.45, 2.75) is 72.4 Å². The summed E-state index contributed by atoms with van der Waals surface area (Å²) in [4.78, 5) is 2.60. The first kappa shape index (κ1) is 17.9. The van der Waals surface area contributed by atoms with Gasteiger partial charge < -0.3 is 10.5 Å². The van der Waals surface area contributed by atoms with Crippen LogP contribution in [0.4, 0.5) is 0 Å². The maximum absolute atomic E-state index is 6.31. The van der Waals surface area contributed by atoms with Crippen LogP contribution in [0.2, 0.25) is 0 Å². The Morgan fingerprint density at radius 1 is 1.05 bits per heavy atom. The van der Waals surface area contributed by atoms with E-state index in [4.69, 9.17) is 10.5 Å². The lowest BCUT2D eigenvalue weighted by molar-refractivity contribution is -0.0643. The van der Waals surface area contributed by atoms with Crippen LogP contribution in [0.5, 0.6) is 0 Å². The summed E-state index contributed by atoms with van der Waals surface area (Å²) < 4.78 is 5.32. The van der Waals surface area contributed by atoms with E-state index in [1.807, 2.05) is 0 Å². The summed E-state index contributed by atoms with van der Waals surface area (Å²) in [5.41, 5.74) is 7.11. The fourth-order valence-corrected chi connectivity index (χ4v) is 4.96. The maximum Gasteiger partial charge on any atom is 0.0590 e. The molecule has 0 bridgehead atoms. The third-order valence-electron chi connectivity index (χ3n) is 4.72. The number of ether oxygens (including phenoxy) is 1. The van der Waals surface area contributed by atoms with Crippen LogP contribution in [-0.2, 0) is 4.74 Å². The molecule has 120 valence electrons. The summed E-state index contributed by atoms with van der Waals surface area (Å²) in [7, 11) is 1.78. The van der Waals surface area contributed by atoms with E-state index >= 15 is 0 Å². The molecule has 20 heavy (non-hydrogen) atoms.